The average Bonchev–Trinajstić information content (AvgIpc) is 2.14. The smallest absolute Gasteiger partial charge is 0.272 e. The van der Waals surface area contributed by atoms with Gasteiger partial charge in [-0.05, 0) is 25.0 Å². The summed E-state index contributed by atoms with van der Waals surface area (Å²) in [5.74, 6) is 0. The summed E-state index contributed by atoms with van der Waals surface area (Å²) < 4.78 is 0.816. The van der Waals surface area contributed by atoms with Crippen LogP contribution in [0.2, 0.25) is 0 Å². The van der Waals surface area contributed by atoms with E-state index in [2.05, 4.69) is 15.9 Å². The van der Waals surface area contributed by atoms with Crippen LogP contribution in [0.4, 0.5) is 5.69 Å². The van der Waals surface area contributed by atoms with Gasteiger partial charge in [0.05, 0.1) is 4.92 Å². The fourth-order valence-electron chi connectivity index (χ4n) is 1.20. The van der Waals surface area contributed by atoms with E-state index in [1.54, 1.807) is 12.1 Å². The average molecular weight is 260 g/mol. The van der Waals surface area contributed by atoms with Gasteiger partial charge in [0, 0.05) is 22.7 Å². The first kappa shape index (κ1) is 11.1. The van der Waals surface area contributed by atoms with Crippen molar-refractivity contribution in [2.45, 2.75) is 12.8 Å². The lowest BCUT2D eigenvalue weighted by molar-refractivity contribution is -0.385. The second-order valence-corrected chi connectivity index (χ2v) is 3.77. The van der Waals surface area contributed by atoms with Gasteiger partial charge in [-0.1, -0.05) is 15.9 Å². The molecule has 1 aromatic rings. The lowest BCUT2D eigenvalue weighted by Gasteiger charge is -2.02. The van der Waals surface area contributed by atoms with Gasteiger partial charge in [-0.25, -0.2) is 0 Å². The minimum Gasteiger partial charge on any atom is -0.396 e. The predicted molar refractivity (Wildman–Crippen MR) is 56.2 cm³/mol. The molecule has 0 atom stereocenters. The minimum absolute atomic E-state index is 0.0453. The lowest BCUT2D eigenvalue weighted by atomic mass is 10.1. The number of nitro benzene ring substituents is 1. The molecule has 14 heavy (non-hydrogen) atoms. The molecule has 0 aromatic heterocycles. The summed E-state index contributed by atoms with van der Waals surface area (Å²) in [5, 5.41) is 19.3. The third-order valence-electron chi connectivity index (χ3n) is 1.84. The van der Waals surface area contributed by atoms with E-state index >= 15 is 0 Å². The summed E-state index contributed by atoms with van der Waals surface area (Å²) in [6, 6.07) is 4.82. The Balaban J connectivity index is 2.97. The molecule has 0 aliphatic heterocycles. The van der Waals surface area contributed by atoms with Crippen molar-refractivity contribution < 1.29 is 10.0 Å². The molecular formula is C9H10BrNO3. The third-order valence-corrected chi connectivity index (χ3v) is 2.34. The first-order valence-electron chi connectivity index (χ1n) is 4.19. The van der Waals surface area contributed by atoms with Gasteiger partial charge < -0.3 is 5.11 Å². The quantitative estimate of drug-likeness (QED) is 0.667. The highest BCUT2D eigenvalue weighted by Crippen LogP contribution is 2.23. The fraction of sp³-hybridized carbons (Fsp3) is 0.333. The molecule has 0 aliphatic rings. The van der Waals surface area contributed by atoms with Crippen molar-refractivity contribution in [1.29, 1.82) is 0 Å². The molecule has 4 nitrogen and oxygen atoms in total. The number of benzene rings is 1. The van der Waals surface area contributed by atoms with Crippen LogP contribution in [0, 0.1) is 10.1 Å². The summed E-state index contributed by atoms with van der Waals surface area (Å²) in [4.78, 5) is 10.2. The van der Waals surface area contributed by atoms with Gasteiger partial charge in [0.1, 0.15) is 0 Å². The van der Waals surface area contributed by atoms with Crippen molar-refractivity contribution in [1.82, 2.24) is 0 Å². The summed E-state index contributed by atoms with van der Waals surface area (Å²) in [7, 11) is 0. The van der Waals surface area contributed by atoms with Crippen molar-refractivity contribution >= 4 is 21.6 Å². The van der Waals surface area contributed by atoms with Gasteiger partial charge in [0.15, 0.2) is 0 Å². The highest BCUT2D eigenvalue weighted by Gasteiger charge is 2.12. The van der Waals surface area contributed by atoms with Crippen molar-refractivity contribution in [2.24, 2.45) is 0 Å². The monoisotopic (exact) mass is 259 g/mol. The molecule has 0 bridgehead atoms. The number of aryl methyl sites for hydroxylation is 1. The molecule has 0 saturated heterocycles. The van der Waals surface area contributed by atoms with Crippen LogP contribution in [0.25, 0.3) is 0 Å². The van der Waals surface area contributed by atoms with E-state index in [0.717, 1.165) is 4.47 Å². The van der Waals surface area contributed by atoms with Crippen molar-refractivity contribution in [3.63, 3.8) is 0 Å². The first-order chi connectivity index (χ1) is 6.65. The zero-order valence-corrected chi connectivity index (χ0v) is 9.03. The number of nitro groups is 1. The van der Waals surface area contributed by atoms with Gasteiger partial charge >= 0.3 is 0 Å². The molecule has 0 heterocycles. The van der Waals surface area contributed by atoms with E-state index < -0.39 is 4.92 Å². The Morgan fingerprint density at radius 2 is 2.21 bits per heavy atom. The maximum atomic E-state index is 10.6. The third kappa shape index (κ3) is 2.78. The first-order valence-corrected chi connectivity index (χ1v) is 4.98. The number of aliphatic hydroxyl groups excluding tert-OH is 1. The number of hydrogen-bond donors (Lipinski definition) is 1. The van der Waals surface area contributed by atoms with Gasteiger partial charge in [-0.2, -0.15) is 0 Å². The highest BCUT2D eigenvalue weighted by molar-refractivity contribution is 9.10. The Kier molecular flexibility index (Phi) is 4.03. The van der Waals surface area contributed by atoms with E-state index in [4.69, 9.17) is 5.11 Å². The number of hydrogen-bond acceptors (Lipinski definition) is 3. The molecule has 0 fully saturated rings. The SMILES string of the molecule is O=[N+]([O-])c1ccc(Br)cc1CCCO. The second-order valence-electron chi connectivity index (χ2n) is 2.86. The summed E-state index contributed by atoms with van der Waals surface area (Å²) in [6.07, 6.45) is 1.06. The summed E-state index contributed by atoms with van der Waals surface area (Å²) in [6.45, 7) is 0.0453. The minimum atomic E-state index is -0.404. The normalized spacial score (nSPS) is 10.1. The molecular weight excluding hydrogens is 250 g/mol. The molecule has 76 valence electrons. The fourth-order valence-corrected chi connectivity index (χ4v) is 1.61. The lowest BCUT2D eigenvalue weighted by Crippen LogP contribution is -1.97. The molecule has 0 aliphatic carbocycles. The molecule has 0 saturated carbocycles. The summed E-state index contributed by atoms with van der Waals surface area (Å²) >= 11 is 3.25. The standard InChI is InChI=1S/C9H10BrNO3/c10-8-3-4-9(11(13)14)7(6-8)2-1-5-12/h3-4,6,12H,1-2,5H2. The van der Waals surface area contributed by atoms with Crippen LogP contribution in [0.3, 0.4) is 0 Å². The molecule has 5 heteroatoms. The van der Waals surface area contributed by atoms with E-state index in [-0.39, 0.29) is 12.3 Å². The van der Waals surface area contributed by atoms with Gasteiger partial charge in [0.2, 0.25) is 0 Å². The van der Waals surface area contributed by atoms with E-state index in [0.29, 0.717) is 18.4 Å². The Bertz CT molecular complexity index is 341. The number of nitrogens with zero attached hydrogens (tertiary/aromatic N) is 1. The van der Waals surface area contributed by atoms with Crippen molar-refractivity contribution in [3.8, 4) is 0 Å². The maximum absolute atomic E-state index is 10.6. The van der Waals surface area contributed by atoms with E-state index in [1.807, 2.05) is 0 Å². The van der Waals surface area contributed by atoms with Crippen LogP contribution < -0.4 is 0 Å². The number of rotatable bonds is 4. The molecule has 0 radical (unpaired) electrons. The second kappa shape index (κ2) is 5.07. The Hall–Kier alpha value is -0.940. The maximum Gasteiger partial charge on any atom is 0.272 e. The topological polar surface area (TPSA) is 63.4 Å². The Labute approximate surface area is 89.8 Å². The van der Waals surface area contributed by atoms with Crippen LogP contribution in [-0.2, 0) is 6.42 Å². The molecule has 0 amide bonds. The largest absolute Gasteiger partial charge is 0.396 e. The van der Waals surface area contributed by atoms with E-state index in [9.17, 15) is 10.1 Å². The molecule has 0 unspecified atom stereocenters. The van der Waals surface area contributed by atoms with Crippen LogP contribution >= 0.6 is 15.9 Å². The predicted octanol–water partition coefficient (Wildman–Crippen LogP) is 2.28. The van der Waals surface area contributed by atoms with Crippen LogP contribution in [0.1, 0.15) is 12.0 Å². The van der Waals surface area contributed by atoms with Crippen molar-refractivity contribution in [3.05, 3.63) is 38.3 Å². The Morgan fingerprint density at radius 3 is 2.79 bits per heavy atom. The Morgan fingerprint density at radius 1 is 1.50 bits per heavy atom. The zero-order valence-electron chi connectivity index (χ0n) is 7.44. The zero-order chi connectivity index (χ0) is 10.6. The van der Waals surface area contributed by atoms with Crippen LogP contribution in [-0.4, -0.2) is 16.6 Å². The van der Waals surface area contributed by atoms with Gasteiger partial charge in [-0.3, -0.25) is 10.1 Å². The molecule has 1 rings (SSSR count). The molecule has 1 N–H and O–H groups in total. The van der Waals surface area contributed by atoms with Gasteiger partial charge in [-0.15, -0.1) is 0 Å². The van der Waals surface area contributed by atoms with Crippen LogP contribution in [0.5, 0.6) is 0 Å². The summed E-state index contributed by atoms with van der Waals surface area (Å²) in [5.41, 5.74) is 0.764. The van der Waals surface area contributed by atoms with Crippen molar-refractivity contribution in [2.75, 3.05) is 6.61 Å². The molecule has 0 spiro atoms. The number of aliphatic hydroxyl groups is 1. The van der Waals surface area contributed by atoms with E-state index in [1.165, 1.54) is 6.07 Å². The highest BCUT2D eigenvalue weighted by atomic mass is 79.9. The van der Waals surface area contributed by atoms with Gasteiger partial charge in [0.25, 0.3) is 5.69 Å². The number of halogens is 1. The van der Waals surface area contributed by atoms with Crippen LogP contribution in [0.15, 0.2) is 22.7 Å². The molecule has 1 aromatic carbocycles.